The molecule has 2 aliphatic carbocycles. The summed E-state index contributed by atoms with van der Waals surface area (Å²) in [4.78, 5) is 3.96. The average Bonchev–Trinajstić information content (AvgIpc) is 3.24. The molecule has 0 radical (unpaired) electrons. The third-order valence-corrected chi connectivity index (χ3v) is 4.98. The number of hydrogen-bond acceptors (Lipinski definition) is 3. The lowest BCUT2D eigenvalue weighted by molar-refractivity contribution is 0.303. The summed E-state index contributed by atoms with van der Waals surface area (Å²) in [5, 5.41) is 3.72. The lowest BCUT2D eigenvalue weighted by atomic mass is 9.82. The molecule has 0 amide bonds. The zero-order valence-corrected chi connectivity index (χ0v) is 12.3. The van der Waals surface area contributed by atoms with Gasteiger partial charge < -0.3 is 9.73 Å². The van der Waals surface area contributed by atoms with E-state index in [4.69, 9.17) is 4.42 Å². The molecule has 0 aliphatic heterocycles. The van der Waals surface area contributed by atoms with Gasteiger partial charge in [-0.1, -0.05) is 12.8 Å². The van der Waals surface area contributed by atoms with Crippen LogP contribution in [-0.4, -0.2) is 11.0 Å². The number of anilines is 1. The number of nitrogens with zero attached hydrogens (tertiary/aromatic N) is 1. The Morgan fingerprint density at radius 3 is 2.57 bits per heavy atom. The zero-order chi connectivity index (χ0) is 14.1. The highest BCUT2D eigenvalue weighted by Crippen LogP contribution is 2.44. The first-order valence-corrected chi connectivity index (χ1v) is 8.14. The number of benzene rings is 1. The number of nitrogens with one attached hydrogen (secondary N) is 1. The number of hydrogen-bond donors (Lipinski definition) is 1. The molecule has 2 aliphatic rings. The van der Waals surface area contributed by atoms with Crippen molar-refractivity contribution in [3.05, 3.63) is 36.9 Å². The average molecular weight is 282 g/mol. The van der Waals surface area contributed by atoms with Crippen LogP contribution in [0.3, 0.4) is 0 Å². The molecule has 1 N–H and O–H groups in total. The van der Waals surface area contributed by atoms with Crippen LogP contribution >= 0.6 is 0 Å². The van der Waals surface area contributed by atoms with Crippen molar-refractivity contribution < 1.29 is 4.42 Å². The minimum atomic E-state index is 0.653. The van der Waals surface area contributed by atoms with Crippen LogP contribution in [0.1, 0.15) is 38.5 Å². The first-order chi connectivity index (χ1) is 10.4. The Bertz CT molecular complexity index is 572. The summed E-state index contributed by atoms with van der Waals surface area (Å²) in [6.07, 6.45) is 11.7. The Morgan fingerprint density at radius 2 is 1.86 bits per heavy atom. The topological polar surface area (TPSA) is 38.1 Å². The van der Waals surface area contributed by atoms with E-state index in [1.165, 1.54) is 50.6 Å². The van der Waals surface area contributed by atoms with Crippen LogP contribution < -0.4 is 5.32 Å². The Hall–Kier alpha value is -1.77. The van der Waals surface area contributed by atoms with Crippen molar-refractivity contribution >= 4 is 5.69 Å². The Morgan fingerprint density at radius 1 is 1.00 bits per heavy atom. The Labute approximate surface area is 125 Å². The molecule has 2 atom stereocenters. The van der Waals surface area contributed by atoms with Gasteiger partial charge in [0.1, 0.15) is 0 Å². The van der Waals surface area contributed by atoms with Gasteiger partial charge in [0, 0.05) is 17.3 Å². The molecule has 1 aromatic heterocycles. The van der Waals surface area contributed by atoms with Crippen LogP contribution in [0.25, 0.3) is 11.3 Å². The summed E-state index contributed by atoms with van der Waals surface area (Å²) in [5.41, 5.74) is 2.30. The highest BCUT2D eigenvalue weighted by atomic mass is 16.3. The molecule has 1 heterocycles. The van der Waals surface area contributed by atoms with Gasteiger partial charge >= 0.3 is 0 Å². The fourth-order valence-corrected chi connectivity index (χ4v) is 3.68. The fraction of sp³-hybridized carbons (Fsp3) is 0.500. The van der Waals surface area contributed by atoms with E-state index >= 15 is 0 Å². The van der Waals surface area contributed by atoms with E-state index in [9.17, 15) is 0 Å². The van der Waals surface area contributed by atoms with Gasteiger partial charge in [0.25, 0.3) is 0 Å². The standard InChI is InChI=1S/C18H22N2O/c1-2-15(13-4-5-13)10-17(3-1)20-16-8-6-14(7-9-16)18-11-19-12-21-18/h6-9,11-13,15,17,20H,1-5,10H2. The van der Waals surface area contributed by atoms with Gasteiger partial charge in [-0.2, -0.15) is 0 Å². The molecule has 3 heteroatoms. The van der Waals surface area contributed by atoms with Gasteiger partial charge in [-0.15, -0.1) is 0 Å². The molecule has 0 saturated heterocycles. The van der Waals surface area contributed by atoms with Crippen molar-refractivity contribution in [2.24, 2.45) is 11.8 Å². The number of aromatic nitrogens is 1. The van der Waals surface area contributed by atoms with Crippen molar-refractivity contribution in [2.45, 2.75) is 44.6 Å². The Kier molecular flexibility index (Phi) is 3.42. The molecule has 1 aromatic carbocycles. The largest absolute Gasteiger partial charge is 0.444 e. The molecule has 2 fully saturated rings. The van der Waals surface area contributed by atoms with E-state index in [1.807, 2.05) is 0 Å². The fourth-order valence-electron chi connectivity index (χ4n) is 3.68. The SMILES string of the molecule is c1ncc(-c2ccc(NC3CCCC(C4CC4)C3)cc2)o1. The van der Waals surface area contributed by atoms with Crippen LogP contribution in [-0.2, 0) is 0 Å². The predicted octanol–water partition coefficient (Wildman–Crippen LogP) is 4.72. The van der Waals surface area contributed by atoms with Gasteiger partial charge in [0.05, 0.1) is 6.20 Å². The second kappa shape index (κ2) is 5.55. The molecule has 21 heavy (non-hydrogen) atoms. The maximum Gasteiger partial charge on any atom is 0.181 e. The molecule has 2 aromatic rings. The van der Waals surface area contributed by atoms with Crippen LogP contribution in [0.2, 0.25) is 0 Å². The third kappa shape index (κ3) is 2.97. The quantitative estimate of drug-likeness (QED) is 0.881. The summed E-state index contributed by atoms with van der Waals surface area (Å²) in [7, 11) is 0. The van der Waals surface area contributed by atoms with Crippen LogP contribution in [0.5, 0.6) is 0 Å². The molecule has 3 nitrogen and oxygen atoms in total. The van der Waals surface area contributed by atoms with Crippen LogP contribution in [0.15, 0.2) is 41.3 Å². The predicted molar refractivity (Wildman–Crippen MR) is 84.0 cm³/mol. The summed E-state index contributed by atoms with van der Waals surface area (Å²) in [6.45, 7) is 0. The molecule has 2 saturated carbocycles. The highest BCUT2D eigenvalue weighted by Gasteiger charge is 2.34. The summed E-state index contributed by atoms with van der Waals surface area (Å²) in [5.74, 6) is 2.85. The highest BCUT2D eigenvalue weighted by molar-refractivity contribution is 5.60. The van der Waals surface area contributed by atoms with Crippen LogP contribution in [0, 0.1) is 11.8 Å². The van der Waals surface area contributed by atoms with Gasteiger partial charge in [0.2, 0.25) is 0 Å². The molecule has 0 bridgehead atoms. The molecular weight excluding hydrogens is 260 g/mol. The van der Waals surface area contributed by atoms with Gasteiger partial charge in [-0.05, 0) is 61.8 Å². The zero-order valence-electron chi connectivity index (χ0n) is 12.3. The van der Waals surface area contributed by atoms with Gasteiger partial charge in [-0.25, -0.2) is 4.98 Å². The number of rotatable bonds is 4. The van der Waals surface area contributed by atoms with Crippen molar-refractivity contribution in [3.8, 4) is 11.3 Å². The van der Waals surface area contributed by atoms with E-state index in [2.05, 4.69) is 34.6 Å². The van der Waals surface area contributed by atoms with E-state index in [1.54, 1.807) is 6.20 Å². The minimum Gasteiger partial charge on any atom is -0.444 e. The second-order valence-corrected chi connectivity index (χ2v) is 6.55. The van der Waals surface area contributed by atoms with Crippen molar-refractivity contribution in [2.75, 3.05) is 5.32 Å². The smallest absolute Gasteiger partial charge is 0.181 e. The lowest BCUT2D eigenvalue weighted by Crippen LogP contribution is -2.28. The lowest BCUT2D eigenvalue weighted by Gasteiger charge is -2.30. The normalized spacial score (nSPS) is 25.7. The van der Waals surface area contributed by atoms with E-state index < -0.39 is 0 Å². The maximum absolute atomic E-state index is 5.33. The monoisotopic (exact) mass is 282 g/mol. The van der Waals surface area contributed by atoms with Crippen molar-refractivity contribution in [3.63, 3.8) is 0 Å². The second-order valence-electron chi connectivity index (χ2n) is 6.55. The first-order valence-electron chi connectivity index (χ1n) is 8.14. The summed E-state index contributed by atoms with van der Waals surface area (Å²) in [6, 6.07) is 9.16. The molecule has 4 rings (SSSR count). The van der Waals surface area contributed by atoms with Crippen molar-refractivity contribution in [1.82, 2.24) is 4.98 Å². The first kappa shape index (κ1) is 12.9. The van der Waals surface area contributed by atoms with E-state index in [-0.39, 0.29) is 0 Å². The summed E-state index contributed by atoms with van der Waals surface area (Å²) < 4.78 is 5.33. The summed E-state index contributed by atoms with van der Waals surface area (Å²) >= 11 is 0. The maximum atomic E-state index is 5.33. The van der Waals surface area contributed by atoms with E-state index in [0.717, 1.165) is 23.2 Å². The Balaban J connectivity index is 1.40. The third-order valence-electron chi connectivity index (χ3n) is 4.98. The van der Waals surface area contributed by atoms with Gasteiger partial charge in [-0.3, -0.25) is 0 Å². The van der Waals surface area contributed by atoms with E-state index in [0.29, 0.717) is 6.04 Å². The molecular formula is C18H22N2O. The molecule has 0 spiro atoms. The molecule has 2 unspecified atom stereocenters. The minimum absolute atomic E-state index is 0.653. The van der Waals surface area contributed by atoms with Gasteiger partial charge in [0.15, 0.2) is 12.2 Å². The van der Waals surface area contributed by atoms with Crippen LogP contribution in [0.4, 0.5) is 5.69 Å². The molecule has 110 valence electrons. The number of oxazole rings is 1. The van der Waals surface area contributed by atoms with Crippen molar-refractivity contribution in [1.29, 1.82) is 0 Å².